The van der Waals surface area contributed by atoms with Gasteiger partial charge in [-0.25, -0.2) is 12.7 Å². The molecule has 0 aromatic carbocycles. The third-order valence-corrected chi connectivity index (χ3v) is 6.38. The fourth-order valence-corrected chi connectivity index (χ4v) is 4.61. The van der Waals surface area contributed by atoms with Crippen molar-refractivity contribution in [2.45, 2.75) is 19.8 Å². The Balaban J connectivity index is 0.00000242. The fourth-order valence-electron chi connectivity index (χ4n) is 2.11. The van der Waals surface area contributed by atoms with Crippen LogP contribution in [-0.4, -0.2) is 68.7 Å². The molecule has 2 rings (SSSR count). The molecule has 0 radical (unpaired) electrons. The molecule has 2 aliphatic rings. The molecule has 22 heavy (non-hydrogen) atoms. The summed E-state index contributed by atoms with van der Waals surface area (Å²) >= 11 is 1.81. The van der Waals surface area contributed by atoms with Gasteiger partial charge in [-0.1, -0.05) is 0 Å². The van der Waals surface area contributed by atoms with Crippen molar-refractivity contribution in [3.8, 4) is 0 Å². The number of nitrogens with one attached hydrogen (secondary N) is 2. The molecular formula is C13H27IN4O2S2. The Morgan fingerprint density at radius 2 is 1.95 bits per heavy atom. The van der Waals surface area contributed by atoms with E-state index in [0.717, 1.165) is 36.5 Å². The monoisotopic (exact) mass is 462 g/mol. The van der Waals surface area contributed by atoms with Crippen LogP contribution in [0.15, 0.2) is 4.99 Å². The van der Waals surface area contributed by atoms with Crippen LogP contribution in [0.5, 0.6) is 0 Å². The first kappa shape index (κ1) is 20.3. The van der Waals surface area contributed by atoms with Crippen LogP contribution < -0.4 is 10.6 Å². The van der Waals surface area contributed by atoms with Crippen LogP contribution in [0, 0.1) is 5.92 Å². The van der Waals surface area contributed by atoms with Gasteiger partial charge in [-0.3, -0.25) is 4.99 Å². The highest BCUT2D eigenvalue weighted by Gasteiger charge is 2.24. The summed E-state index contributed by atoms with van der Waals surface area (Å²) in [5.41, 5.74) is 0. The van der Waals surface area contributed by atoms with Crippen molar-refractivity contribution in [2.24, 2.45) is 10.9 Å². The van der Waals surface area contributed by atoms with Crippen LogP contribution in [0.1, 0.15) is 19.8 Å². The zero-order chi connectivity index (χ0) is 15.1. The van der Waals surface area contributed by atoms with Gasteiger partial charge in [0.15, 0.2) is 5.96 Å². The van der Waals surface area contributed by atoms with Crippen molar-refractivity contribution in [1.82, 2.24) is 14.9 Å². The maximum absolute atomic E-state index is 12.2. The predicted molar refractivity (Wildman–Crippen MR) is 105 cm³/mol. The minimum absolute atomic E-state index is 0. The second-order valence-corrected chi connectivity index (χ2v) is 8.73. The molecule has 0 aromatic rings. The van der Waals surface area contributed by atoms with Crippen LogP contribution in [0.2, 0.25) is 0 Å². The summed E-state index contributed by atoms with van der Waals surface area (Å²) in [6, 6.07) is 0. The molecule has 9 heteroatoms. The highest BCUT2D eigenvalue weighted by molar-refractivity contribution is 14.0. The number of thioether (sulfide) groups is 1. The number of guanidine groups is 1. The van der Waals surface area contributed by atoms with Crippen molar-refractivity contribution >= 4 is 51.7 Å². The normalized spacial score (nSPS) is 20.3. The van der Waals surface area contributed by atoms with Crippen molar-refractivity contribution in [1.29, 1.82) is 0 Å². The summed E-state index contributed by atoms with van der Waals surface area (Å²) in [6.07, 6.45) is 2.54. The van der Waals surface area contributed by atoms with Crippen LogP contribution in [-0.2, 0) is 10.0 Å². The number of hydrogen-bond acceptors (Lipinski definition) is 4. The van der Waals surface area contributed by atoms with Gasteiger partial charge in [0, 0.05) is 44.2 Å². The number of nitrogens with zero attached hydrogens (tertiary/aromatic N) is 2. The summed E-state index contributed by atoms with van der Waals surface area (Å²) in [7, 11) is -3.14. The molecule has 0 unspecified atom stereocenters. The van der Waals surface area contributed by atoms with Crippen molar-refractivity contribution in [3.63, 3.8) is 0 Å². The van der Waals surface area contributed by atoms with E-state index in [4.69, 9.17) is 0 Å². The SMILES string of the molecule is CCNC(=NCC1CC1)NCCS(=O)(=O)N1CCSCC1.I. The molecule has 1 saturated carbocycles. The van der Waals surface area contributed by atoms with Gasteiger partial charge in [0.1, 0.15) is 0 Å². The van der Waals surface area contributed by atoms with E-state index in [0.29, 0.717) is 19.6 Å². The highest BCUT2D eigenvalue weighted by Crippen LogP contribution is 2.28. The van der Waals surface area contributed by atoms with E-state index < -0.39 is 10.0 Å². The first-order valence-electron chi connectivity index (χ1n) is 7.69. The van der Waals surface area contributed by atoms with Crippen LogP contribution in [0.4, 0.5) is 0 Å². The number of hydrogen-bond donors (Lipinski definition) is 2. The molecule has 1 heterocycles. The minimum atomic E-state index is -3.14. The second kappa shape index (κ2) is 10.2. The van der Waals surface area contributed by atoms with Gasteiger partial charge in [-0.05, 0) is 25.7 Å². The maximum atomic E-state index is 12.2. The molecular weight excluding hydrogens is 435 g/mol. The van der Waals surface area contributed by atoms with Crippen molar-refractivity contribution in [3.05, 3.63) is 0 Å². The molecule has 0 bridgehead atoms. The maximum Gasteiger partial charge on any atom is 0.215 e. The molecule has 2 N–H and O–H groups in total. The van der Waals surface area contributed by atoms with E-state index in [1.165, 1.54) is 12.8 Å². The van der Waals surface area contributed by atoms with Gasteiger partial charge in [0.2, 0.25) is 10.0 Å². The average Bonchev–Trinajstić information content (AvgIpc) is 3.30. The minimum Gasteiger partial charge on any atom is -0.357 e. The fraction of sp³-hybridized carbons (Fsp3) is 0.923. The molecule has 0 amide bonds. The Kier molecular flexibility index (Phi) is 9.41. The number of aliphatic imine (C=N–C) groups is 1. The summed E-state index contributed by atoms with van der Waals surface area (Å²) in [4.78, 5) is 4.49. The van der Waals surface area contributed by atoms with Gasteiger partial charge in [-0.15, -0.1) is 24.0 Å². The first-order chi connectivity index (χ1) is 10.1. The molecule has 6 nitrogen and oxygen atoms in total. The Labute approximate surface area is 155 Å². The topological polar surface area (TPSA) is 73.8 Å². The number of halogens is 1. The zero-order valence-electron chi connectivity index (χ0n) is 13.1. The molecule has 1 aliphatic heterocycles. The molecule has 0 aromatic heterocycles. The molecule has 0 atom stereocenters. The van der Waals surface area contributed by atoms with Crippen LogP contribution >= 0.6 is 35.7 Å². The van der Waals surface area contributed by atoms with Gasteiger partial charge in [0.25, 0.3) is 0 Å². The molecule has 2 fully saturated rings. The number of sulfonamides is 1. The van der Waals surface area contributed by atoms with E-state index in [9.17, 15) is 8.42 Å². The Hall–Kier alpha value is 0.260. The van der Waals surface area contributed by atoms with Gasteiger partial charge in [-0.2, -0.15) is 11.8 Å². The van der Waals surface area contributed by atoms with Crippen molar-refractivity contribution < 1.29 is 8.42 Å². The van der Waals surface area contributed by atoms with E-state index in [1.54, 1.807) is 4.31 Å². The highest BCUT2D eigenvalue weighted by atomic mass is 127. The van der Waals surface area contributed by atoms with E-state index in [1.807, 2.05) is 18.7 Å². The lowest BCUT2D eigenvalue weighted by Crippen LogP contribution is -2.44. The zero-order valence-corrected chi connectivity index (χ0v) is 17.0. The lowest BCUT2D eigenvalue weighted by Gasteiger charge is -2.25. The van der Waals surface area contributed by atoms with Gasteiger partial charge >= 0.3 is 0 Å². The summed E-state index contributed by atoms with van der Waals surface area (Å²) in [5, 5.41) is 6.29. The van der Waals surface area contributed by atoms with Crippen LogP contribution in [0.25, 0.3) is 0 Å². The smallest absolute Gasteiger partial charge is 0.215 e. The largest absolute Gasteiger partial charge is 0.357 e. The molecule has 130 valence electrons. The quantitative estimate of drug-likeness (QED) is 0.335. The summed E-state index contributed by atoms with van der Waals surface area (Å²) in [5.74, 6) is 3.39. The third-order valence-electron chi connectivity index (χ3n) is 3.56. The Bertz CT molecular complexity index is 449. The summed E-state index contributed by atoms with van der Waals surface area (Å²) < 4.78 is 26.0. The third kappa shape index (κ3) is 7.22. The first-order valence-corrected chi connectivity index (χ1v) is 10.5. The summed E-state index contributed by atoms with van der Waals surface area (Å²) in [6.45, 7) is 5.32. The Morgan fingerprint density at radius 1 is 1.27 bits per heavy atom. The van der Waals surface area contributed by atoms with E-state index in [2.05, 4.69) is 15.6 Å². The van der Waals surface area contributed by atoms with Crippen LogP contribution in [0.3, 0.4) is 0 Å². The van der Waals surface area contributed by atoms with Crippen molar-refractivity contribution in [2.75, 3.05) is 50.0 Å². The lowest BCUT2D eigenvalue weighted by atomic mass is 10.4. The molecule has 1 aliphatic carbocycles. The standard InChI is InChI=1S/C13H26N4O2S2.HI/c1-2-14-13(16-11-12-3-4-12)15-5-10-21(18,19)17-6-8-20-9-7-17;/h12H,2-11H2,1H3,(H2,14,15,16);1H. The second-order valence-electron chi connectivity index (χ2n) is 5.42. The predicted octanol–water partition coefficient (Wildman–Crippen LogP) is 0.948. The number of rotatable bonds is 7. The van der Waals surface area contributed by atoms with Gasteiger partial charge in [0.05, 0.1) is 5.75 Å². The van der Waals surface area contributed by atoms with E-state index >= 15 is 0 Å². The molecule has 1 saturated heterocycles. The average molecular weight is 462 g/mol. The lowest BCUT2D eigenvalue weighted by molar-refractivity contribution is 0.443. The molecule has 0 spiro atoms. The Morgan fingerprint density at radius 3 is 2.55 bits per heavy atom. The van der Waals surface area contributed by atoms with E-state index in [-0.39, 0.29) is 29.7 Å². The van der Waals surface area contributed by atoms with Gasteiger partial charge < -0.3 is 10.6 Å².